The molecule has 0 fully saturated rings. The summed E-state index contributed by atoms with van der Waals surface area (Å²) in [6.07, 6.45) is 1.57. The van der Waals surface area contributed by atoms with Gasteiger partial charge in [0.1, 0.15) is 11.6 Å². The lowest BCUT2D eigenvalue weighted by molar-refractivity contribution is -0.136. The average molecular weight is 367 g/mol. The normalized spacial score (nSPS) is 15.5. The summed E-state index contributed by atoms with van der Waals surface area (Å²) in [6.45, 7) is 1.59. The number of allylic oxidation sites excluding steroid dienone is 1. The number of hydrogen-bond acceptors (Lipinski definition) is 4. The van der Waals surface area contributed by atoms with Crippen LogP contribution in [-0.2, 0) is 14.3 Å². The predicted octanol–water partition coefficient (Wildman–Crippen LogP) is 3.71. The first-order valence-electron chi connectivity index (χ1n) is 8.22. The van der Waals surface area contributed by atoms with Crippen LogP contribution in [0.25, 0.3) is 6.08 Å². The van der Waals surface area contributed by atoms with Crippen LogP contribution in [0.3, 0.4) is 0 Å². The fraction of sp³-hybridized carbons (Fsp3) is 0.143. The van der Waals surface area contributed by atoms with Crippen molar-refractivity contribution in [2.24, 2.45) is 0 Å². The van der Waals surface area contributed by atoms with E-state index in [9.17, 15) is 14.0 Å². The highest BCUT2D eigenvalue weighted by Gasteiger charge is 2.38. The van der Waals surface area contributed by atoms with Gasteiger partial charge in [-0.3, -0.25) is 9.69 Å². The third kappa shape index (κ3) is 3.33. The third-order valence-corrected chi connectivity index (χ3v) is 4.29. The van der Waals surface area contributed by atoms with Crippen molar-refractivity contribution >= 4 is 23.6 Å². The van der Waals surface area contributed by atoms with Gasteiger partial charge in [-0.2, -0.15) is 0 Å². The van der Waals surface area contributed by atoms with E-state index in [2.05, 4.69) is 0 Å². The van der Waals surface area contributed by atoms with E-state index in [1.165, 1.54) is 37.3 Å². The molecule has 0 saturated carbocycles. The summed E-state index contributed by atoms with van der Waals surface area (Å²) < 4.78 is 24.3. The van der Waals surface area contributed by atoms with Crippen LogP contribution in [0.2, 0.25) is 0 Å². The zero-order valence-corrected chi connectivity index (χ0v) is 15.2. The molecule has 0 spiro atoms. The molecule has 0 unspecified atom stereocenters. The summed E-state index contributed by atoms with van der Waals surface area (Å²) in [5.74, 6) is -1.10. The first-order valence-corrected chi connectivity index (χ1v) is 8.22. The van der Waals surface area contributed by atoms with Gasteiger partial charge in [0, 0.05) is 5.70 Å². The molecule has 0 aromatic heterocycles. The van der Waals surface area contributed by atoms with E-state index in [4.69, 9.17) is 9.47 Å². The number of benzene rings is 2. The number of esters is 1. The lowest BCUT2D eigenvalue weighted by atomic mass is 10.0. The third-order valence-electron chi connectivity index (χ3n) is 4.29. The van der Waals surface area contributed by atoms with Gasteiger partial charge in [0.25, 0.3) is 5.91 Å². The molecule has 0 N–H and O–H groups in total. The van der Waals surface area contributed by atoms with Crippen molar-refractivity contribution in [2.45, 2.75) is 6.92 Å². The molecular weight excluding hydrogens is 349 g/mol. The number of amides is 1. The Morgan fingerprint density at radius 1 is 1.11 bits per heavy atom. The number of nitrogens with zero attached hydrogens (tertiary/aromatic N) is 1. The van der Waals surface area contributed by atoms with E-state index in [1.807, 2.05) is 0 Å². The molecule has 3 rings (SSSR count). The molecule has 0 saturated heterocycles. The molecule has 138 valence electrons. The van der Waals surface area contributed by atoms with Crippen molar-refractivity contribution in [3.05, 3.63) is 76.8 Å². The Hall–Kier alpha value is -3.41. The Bertz CT molecular complexity index is 978. The average Bonchev–Trinajstić information content (AvgIpc) is 2.92. The second-order valence-electron chi connectivity index (χ2n) is 5.88. The van der Waals surface area contributed by atoms with Crippen LogP contribution in [0.15, 0.2) is 65.4 Å². The molecule has 2 aromatic rings. The number of anilines is 1. The standard InChI is InChI=1S/C21H18FNO4/c1-13-19(21(25)27-3)16(12-14-7-6-8-15(11-14)26-2)20(24)23(13)18-10-5-4-9-17(18)22/h4-12H,1-3H3. The topological polar surface area (TPSA) is 55.8 Å². The van der Waals surface area contributed by atoms with Crippen LogP contribution in [-0.4, -0.2) is 26.1 Å². The highest BCUT2D eigenvalue weighted by atomic mass is 19.1. The Morgan fingerprint density at radius 3 is 2.52 bits per heavy atom. The van der Waals surface area contributed by atoms with Crippen molar-refractivity contribution in [1.82, 2.24) is 0 Å². The van der Waals surface area contributed by atoms with Crippen LogP contribution in [0.5, 0.6) is 5.75 Å². The van der Waals surface area contributed by atoms with Crippen LogP contribution in [0.4, 0.5) is 10.1 Å². The Kier molecular flexibility index (Phi) is 5.07. The van der Waals surface area contributed by atoms with Gasteiger partial charge < -0.3 is 9.47 Å². The molecule has 1 aliphatic heterocycles. The van der Waals surface area contributed by atoms with Crippen molar-refractivity contribution in [3.8, 4) is 5.75 Å². The lowest BCUT2D eigenvalue weighted by Gasteiger charge is -2.18. The number of halogens is 1. The molecule has 2 aromatic carbocycles. The van der Waals surface area contributed by atoms with Crippen molar-refractivity contribution < 1.29 is 23.5 Å². The van der Waals surface area contributed by atoms with E-state index in [-0.39, 0.29) is 16.8 Å². The highest BCUT2D eigenvalue weighted by Crippen LogP contribution is 2.36. The number of methoxy groups -OCH3 is 2. The lowest BCUT2D eigenvalue weighted by Crippen LogP contribution is -2.25. The van der Waals surface area contributed by atoms with Crippen molar-refractivity contribution in [1.29, 1.82) is 0 Å². The number of rotatable bonds is 4. The summed E-state index contributed by atoms with van der Waals surface area (Å²) in [5, 5.41) is 0. The quantitative estimate of drug-likeness (QED) is 0.611. The largest absolute Gasteiger partial charge is 0.497 e. The van der Waals surface area contributed by atoms with Gasteiger partial charge >= 0.3 is 5.97 Å². The van der Waals surface area contributed by atoms with Gasteiger partial charge in [0.05, 0.1) is 31.1 Å². The Labute approximate surface area is 156 Å². The van der Waals surface area contributed by atoms with Crippen molar-refractivity contribution in [2.75, 3.05) is 19.1 Å². The fourth-order valence-electron chi connectivity index (χ4n) is 3.00. The molecule has 1 heterocycles. The van der Waals surface area contributed by atoms with E-state index in [1.54, 1.807) is 43.3 Å². The molecule has 1 aliphatic rings. The maximum atomic E-state index is 14.3. The Balaban J connectivity index is 2.16. The molecule has 0 radical (unpaired) electrons. The minimum atomic E-state index is -0.658. The zero-order valence-electron chi connectivity index (χ0n) is 15.2. The molecule has 0 aliphatic carbocycles. The number of hydrogen-bond donors (Lipinski definition) is 0. The summed E-state index contributed by atoms with van der Waals surface area (Å²) >= 11 is 0. The van der Waals surface area contributed by atoms with Crippen molar-refractivity contribution in [3.63, 3.8) is 0 Å². The fourth-order valence-corrected chi connectivity index (χ4v) is 3.00. The smallest absolute Gasteiger partial charge is 0.340 e. The molecule has 27 heavy (non-hydrogen) atoms. The van der Waals surface area contributed by atoms with Gasteiger partial charge in [0.2, 0.25) is 0 Å². The van der Waals surface area contributed by atoms with Crippen LogP contribution in [0.1, 0.15) is 12.5 Å². The van der Waals surface area contributed by atoms with Gasteiger partial charge in [-0.05, 0) is 42.8 Å². The summed E-state index contributed by atoms with van der Waals surface area (Å²) in [6, 6.07) is 13.0. The molecule has 0 atom stereocenters. The molecule has 5 nitrogen and oxygen atoms in total. The number of carbonyl (C=O) groups excluding carboxylic acids is 2. The number of ether oxygens (including phenoxy) is 2. The molecule has 6 heteroatoms. The Morgan fingerprint density at radius 2 is 1.85 bits per heavy atom. The van der Waals surface area contributed by atoms with Crippen LogP contribution in [0, 0.1) is 5.82 Å². The molecular formula is C21H18FNO4. The van der Waals surface area contributed by atoms with Crippen LogP contribution >= 0.6 is 0 Å². The van der Waals surface area contributed by atoms with E-state index in [0.29, 0.717) is 17.0 Å². The molecule has 0 bridgehead atoms. The van der Waals surface area contributed by atoms with Crippen LogP contribution < -0.4 is 9.64 Å². The summed E-state index contributed by atoms with van der Waals surface area (Å²) in [7, 11) is 2.78. The monoisotopic (exact) mass is 367 g/mol. The maximum Gasteiger partial charge on any atom is 0.340 e. The zero-order chi connectivity index (χ0) is 19.6. The predicted molar refractivity (Wildman–Crippen MR) is 99.6 cm³/mol. The van der Waals surface area contributed by atoms with Gasteiger partial charge in [-0.15, -0.1) is 0 Å². The van der Waals surface area contributed by atoms with E-state index >= 15 is 0 Å². The second kappa shape index (κ2) is 7.45. The first kappa shape index (κ1) is 18.4. The van der Waals surface area contributed by atoms with E-state index in [0.717, 1.165) is 0 Å². The number of para-hydroxylation sites is 1. The maximum absolute atomic E-state index is 14.3. The number of carbonyl (C=O) groups is 2. The van der Waals surface area contributed by atoms with Gasteiger partial charge in [-0.1, -0.05) is 24.3 Å². The van der Waals surface area contributed by atoms with E-state index < -0.39 is 17.7 Å². The van der Waals surface area contributed by atoms with Gasteiger partial charge in [0.15, 0.2) is 0 Å². The minimum absolute atomic E-state index is 0.0791. The highest BCUT2D eigenvalue weighted by molar-refractivity contribution is 6.23. The first-order chi connectivity index (χ1) is 13.0. The van der Waals surface area contributed by atoms with Gasteiger partial charge in [-0.25, -0.2) is 9.18 Å². The summed E-state index contributed by atoms with van der Waals surface area (Å²) in [4.78, 5) is 26.6. The summed E-state index contributed by atoms with van der Waals surface area (Å²) in [5.41, 5.74) is 1.30. The SMILES string of the molecule is COC(=O)C1=C(C)N(c2ccccc2F)C(=O)C1=Cc1cccc(OC)c1. The minimum Gasteiger partial charge on any atom is -0.497 e. The second-order valence-corrected chi connectivity index (χ2v) is 5.88. The molecule has 1 amide bonds.